The van der Waals surface area contributed by atoms with E-state index in [1.165, 1.54) is 38.5 Å². The van der Waals surface area contributed by atoms with Crippen LogP contribution in [0.15, 0.2) is 18.2 Å². The number of benzene rings is 1. The van der Waals surface area contributed by atoms with Gasteiger partial charge in [0.15, 0.2) is 0 Å². The Balaban J connectivity index is 1.74. The second-order valence-corrected chi connectivity index (χ2v) is 6.66. The van der Waals surface area contributed by atoms with Crippen LogP contribution in [0, 0.1) is 11.2 Å². The standard InChI is InChI=1S/C16H21ClFN/c17-14-5-3-4-12(15(14)18)10-16(8-1-2-9-16)11-19-13-6-7-13/h3-5,13,19H,1-2,6-11H2. The minimum absolute atomic E-state index is 0.220. The van der Waals surface area contributed by atoms with Crippen LogP contribution in [0.25, 0.3) is 0 Å². The molecular weight excluding hydrogens is 261 g/mol. The van der Waals surface area contributed by atoms with Gasteiger partial charge in [0.1, 0.15) is 5.82 Å². The Labute approximate surface area is 119 Å². The van der Waals surface area contributed by atoms with Crippen molar-refractivity contribution in [3.05, 3.63) is 34.6 Å². The first kappa shape index (κ1) is 13.4. The first-order valence-corrected chi connectivity index (χ1v) is 7.73. The molecule has 0 amide bonds. The van der Waals surface area contributed by atoms with E-state index in [1.54, 1.807) is 6.07 Å². The van der Waals surface area contributed by atoms with Gasteiger partial charge in [0, 0.05) is 12.6 Å². The van der Waals surface area contributed by atoms with Crippen molar-refractivity contribution in [1.29, 1.82) is 0 Å². The van der Waals surface area contributed by atoms with Crippen molar-refractivity contribution in [3.8, 4) is 0 Å². The summed E-state index contributed by atoms with van der Waals surface area (Å²) >= 11 is 5.89. The molecule has 2 saturated carbocycles. The van der Waals surface area contributed by atoms with Gasteiger partial charge in [-0.1, -0.05) is 36.6 Å². The van der Waals surface area contributed by atoms with Crippen LogP contribution in [0.5, 0.6) is 0 Å². The Hall–Kier alpha value is -0.600. The van der Waals surface area contributed by atoms with Gasteiger partial charge in [-0.25, -0.2) is 4.39 Å². The highest BCUT2D eigenvalue weighted by Crippen LogP contribution is 2.42. The lowest BCUT2D eigenvalue weighted by molar-refractivity contribution is 0.273. The van der Waals surface area contributed by atoms with Gasteiger partial charge < -0.3 is 5.32 Å². The average Bonchev–Trinajstić information content (AvgIpc) is 3.13. The topological polar surface area (TPSA) is 12.0 Å². The number of rotatable bonds is 5. The Kier molecular flexibility index (Phi) is 3.81. The van der Waals surface area contributed by atoms with Crippen molar-refractivity contribution >= 4 is 11.6 Å². The predicted molar refractivity (Wildman–Crippen MR) is 77.0 cm³/mol. The minimum Gasteiger partial charge on any atom is -0.313 e. The molecule has 0 aliphatic heterocycles. The lowest BCUT2D eigenvalue weighted by atomic mass is 9.79. The molecule has 19 heavy (non-hydrogen) atoms. The summed E-state index contributed by atoms with van der Waals surface area (Å²) in [5.41, 5.74) is 1.03. The van der Waals surface area contributed by atoms with Gasteiger partial charge in [0.2, 0.25) is 0 Å². The maximum absolute atomic E-state index is 14.1. The Morgan fingerprint density at radius 2 is 2.00 bits per heavy atom. The molecule has 0 spiro atoms. The molecule has 1 aromatic carbocycles. The van der Waals surface area contributed by atoms with Crippen molar-refractivity contribution in [2.24, 2.45) is 5.41 Å². The molecule has 0 unspecified atom stereocenters. The molecule has 2 aliphatic carbocycles. The van der Waals surface area contributed by atoms with Crippen LogP contribution >= 0.6 is 11.6 Å². The van der Waals surface area contributed by atoms with E-state index < -0.39 is 0 Å². The monoisotopic (exact) mass is 281 g/mol. The van der Waals surface area contributed by atoms with Crippen LogP contribution in [0.2, 0.25) is 5.02 Å². The Bertz CT molecular complexity index is 450. The van der Waals surface area contributed by atoms with Crippen molar-refractivity contribution in [2.45, 2.75) is 51.0 Å². The van der Waals surface area contributed by atoms with Gasteiger partial charge in [-0.3, -0.25) is 0 Å². The highest BCUT2D eigenvalue weighted by atomic mass is 35.5. The fraction of sp³-hybridized carbons (Fsp3) is 0.625. The zero-order valence-electron chi connectivity index (χ0n) is 11.2. The third kappa shape index (κ3) is 3.11. The molecular formula is C16H21ClFN. The number of hydrogen-bond donors (Lipinski definition) is 1. The number of hydrogen-bond acceptors (Lipinski definition) is 1. The lowest BCUT2D eigenvalue weighted by Crippen LogP contribution is -2.35. The third-order valence-corrected chi connectivity index (χ3v) is 4.90. The molecule has 1 aromatic rings. The van der Waals surface area contributed by atoms with E-state index in [-0.39, 0.29) is 16.3 Å². The fourth-order valence-corrected chi connectivity index (χ4v) is 3.47. The molecule has 2 aliphatic rings. The van der Waals surface area contributed by atoms with Crippen molar-refractivity contribution in [1.82, 2.24) is 5.32 Å². The van der Waals surface area contributed by atoms with Crippen LogP contribution < -0.4 is 5.32 Å². The van der Waals surface area contributed by atoms with Gasteiger partial charge >= 0.3 is 0 Å². The van der Waals surface area contributed by atoms with E-state index in [9.17, 15) is 4.39 Å². The van der Waals surface area contributed by atoms with E-state index in [0.29, 0.717) is 0 Å². The quantitative estimate of drug-likeness (QED) is 0.847. The van der Waals surface area contributed by atoms with Crippen LogP contribution in [-0.2, 0) is 6.42 Å². The number of halogens is 2. The van der Waals surface area contributed by atoms with E-state index in [1.807, 2.05) is 12.1 Å². The van der Waals surface area contributed by atoms with E-state index in [0.717, 1.165) is 24.6 Å². The summed E-state index contributed by atoms with van der Waals surface area (Å²) in [6, 6.07) is 6.10. The van der Waals surface area contributed by atoms with Gasteiger partial charge in [-0.05, 0) is 49.1 Å². The third-order valence-electron chi connectivity index (χ3n) is 4.60. The summed E-state index contributed by atoms with van der Waals surface area (Å²) in [7, 11) is 0. The smallest absolute Gasteiger partial charge is 0.144 e. The molecule has 104 valence electrons. The lowest BCUT2D eigenvalue weighted by Gasteiger charge is -2.30. The second-order valence-electron chi connectivity index (χ2n) is 6.25. The van der Waals surface area contributed by atoms with Crippen LogP contribution in [0.3, 0.4) is 0 Å². The highest BCUT2D eigenvalue weighted by molar-refractivity contribution is 6.30. The molecule has 0 heterocycles. The van der Waals surface area contributed by atoms with E-state index in [4.69, 9.17) is 11.6 Å². The van der Waals surface area contributed by atoms with Gasteiger partial charge in [0.05, 0.1) is 5.02 Å². The van der Waals surface area contributed by atoms with Gasteiger partial charge in [0.25, 0.3) is 0 Å². The highest BCUT2D eigenvalue weighted by Gasteiger charge is 2.36. The Morgan fingerprint density at radius 1 is 1.26 bits per heavy atom. The van der Waals surface area contributed by atoms with E-state index in [2.05, 4.69) is 5.32 Å². The molecule has 1 nitrogen and oxygen atoms in total. The summed E-state index contributed by atoms with van der Waals surface area (Å²) in [5.74, 6) is -0.220. The molecule has 2 fully saturated rings. The van der Waals surface area contributed by atoms with Gasteiger partial charge in [-0.15, -0.1) is 0 Å². The second kappa shape index (κ2) is 5.41. The first-order valence-electron chi connectivity index (χ1n) is 7.35. The zero-order chi connectivity index (χ0) is 13.3. The molecule has 0 aromatic heterocycles. The summed E-state index contributed by atoms with van der Waals surface area (Å²) in [6.45, 7) is 1.03. The summed E-state index contributed by atoms with van der Waals surface area (Å²) < 4.78 is 14.1. The van der Waals surface area contributed by atoms with Crippen LogP contribution in [0.1, 0.15) is 44.1 Å². The molecule has 1 N–H and O–H groups in total. The molecule has 3 heteroatoms. The maximum atomic E-state index is 14.1. The Morgan fingerprint density at radius 3 is 2.68 bits per heavy atom. The molecule has 0 radical (unpaired) electrons. The minimum atomic E-state index is -0.220. The molecule has 0 atom stereocenters. The average molecular weight is 282 g/mol. The number of nitrogens with one attached hydrogen (secondary N) is 1. The zero-order valence-corrected chi connectivity index (χ0v) is 12.0. The summed E-state index contributed by atoms with van der Waals surface area (Å²) in [5, 5.41) is 3.89. The molecule has 0 saturated heterocycles. The molecule has 0 bridgehead atoms. The maximum Gasteiger partial charge on any atom is 0.144 e. The van der Waals surface area contributed by atoms with Crippen molar-refractivity contribution in [3.63, 3.8) is 0 Å². The largest absolute Gasteiger partial charge is 0.313 e. The summed E-state index contributed by atoms with van der Waals surface area (Å²) in [6.07, 6.45) is 8.39. The van der Waals surface area contributed by atoms with Crippen LogP contribution in [-0.4, -0.2) is 12.6 Å². The van der Waals surface area contributed by atoms with Gasteiger partial charge in [-0.2, -0.15) is 0 Å². The molecule has 3 rings (SSSR count). The SMILES string of the molecule is Fc1c(Cl)cccc1CC1(CNC2CC2)CCCC1. The normalized spacial score (nSPS) is 21.8. The van der Waals surface area contributed by atoms with Crippen molar-refractivity contribution < 1.29 is 4.39 Å². The van der Waals surface area contributed by atoms with E-state index >= 15 is 0 Å². The van der Waals surface area contributed by atoms with Crippen molar-refractivity contribution in [2.75, 3.05) is 6.54 Å². The summed E-state index contributed by atoms with van der Waals surface area (Å²) in [4.78, 5) is 0. The van der Waals surface area contributed by atoms with Crippen LogP contribution in [0.4, 0.5) is 4.39 Å². The fourth-order valence-electron chi connectivity index (χ4n) is 3.28. The first-order chi connectivity index (χ1) is 9.19. The predicted octanol–water partition coefficient (Wildman–Crippen LogP) is 4.33.